The molecule has 0 saturated heterocycles. The summed E-state index contributed by atoms with van der Waals surface area (Å²) in [6.45, 7) is -0.316. The molecule has 4 heteroatoms. The van der Waals surface area contributed by atoms with Crippen LogP contribution < -0.4 is 5.73 Å². The van der Waals surface area contributed by atoms with Crippen molar-refractivity contribution in [3.8, 4) is 0 Å². The molecule has 3 N–H and O–H groups in total. The highest BCUT2D eigenvalue weighted by Crippen LogP contribution is 2.26. The summed E-state index contributed by atoms with van der Waals surface area (Å²) >= 11 is 1.51. The number of ketones is 1. The van der Waals surface area contributed by atoms with Crippen LogP contribution in [0.4, 0.5) is 0 Å². The lowest BCUT2D eigenvalue weighted by Crippen LogP contribution is -2.33. The molecule has 0 aliphatic heterocycles. The first-order valence-electron chi connectivity index (χ1n) is 4.61. The van der Waals surface area contributed by atoms with Crippen LogP contribution >= 0.6 is 11.3 Å². The van der Waals surface area contributed by atoms with Gasteiger partial charge in [-0.15, -0.1) is 11.3 Å². The number of hydrogen-bond donors (Lipinski definition) is 2. The van der Waals surface area contributed by atoms with E-state index in [2.05, 4.69) is 0 Å². The lowest BCUT2D eigenvalue weighted by molar-refractivity contribution is 0.0927. The van der Waals surface area contributed by atoms with Crippen LogP contribution in [-0.2, 0) is 0 Å². The molecule has 1 aromatic heterocycles. The van der Waals surface area contributed by atoms with Crippen molar-refractivity contribution in [2.24, 2.45) is 5.73 Å². The zero-order valence-electron chi connectivity index (χ0n) is 8.01. The Kier molecular flexibility index (Phi) is 2.81. The second-order valence-corrected chi connectivity index (χ2v) is 4.21. The Morgan fingerprint density at radius 2 is 2.20 bits per heavy atom. The number of nitrogens with two attached hydrogens (primary N) is 1. The first-order chi connectivity index (χ1) is 7.24. The van der Waals surface area contributed by atoms with Crippen LogP contribution in [0.1, 0.15) is 10.4 Å². The Bertz CT molecular complexity index is 492. The van der Waals surface area contributed by atoms with Gasteiger partial charge in [0.15, 0.2) is 5.78 Å². The summed E-state index contributed by atoms with van der Waals surface area (Å²) in [5.74, 6) is -0.199. The molecule has 1 aromatic carbocycles. The third kappa shape index (κ3) is 1.79. The molecule has 0 bridgehead atoms. The molecule has 0 fully saturated rings. The predicted octanol–water partition coefficient (Wildman–Crippen LogP) is 1.40. The van der Waals surface area contributed by atoms with Crippen molar-refractivity contribution >= 4 is 27.2 Å². The molecule has 78 valence electrons. The highest BCUT2D eigenvalue weighted by Gasteiger charge is 2.17. The van der Waals surface area contributed by atoms with Gasteiger partial charge in [-0.3, -0.25) is 4.79 Å². The van der Waals surface area contributed by atoms with Crippen LogP contribution in [0, 0.1) is 0 Å². The zero-order valence-corrected chi connectivity index (χ0v) is 8.83. The molecule has 0 aliphatic rings. The quantitative estimate of drug-likeness (QED) is 0.770. The van der Waals surface area contributed by atoms with Crippen molar-refractivity contribution in [1.29, 1.82) is 0 Å². The SMILES string of the molecule is NC(CO)C(=O)c1csc2ccccc12. The van der Waals surface area contributed by atoms with Gasteiger partial charge in [-0.05, 0) is 6.07 Å². The number of aliphatic hydroxyl groups excluding tert-OH is 1. The Labute approximate surface area is 91.1 Å². The third-order valence-electron chi connectivity index (χ3n) is 2.28. The smallest absolute Gasteiger partial charge is 0.183 e. The van der Waals surface area contributed by atoms with Gasteiger partial charge in [0.2, 0.25) is 0 Å². The fourth-order valence-corrected chi connectivity index (χ4v) is 2.40. The van der Waals surface area contributed by atoms with Crippen molar-refractivity contribution in [2.75, 3.05) is 6.61 Å². The maximum absolute atomic E-state index is 11.8. The Morgan fingerprint density at radius 3 is 2.93 bits per heavy atom. The van der Waals surface area contributed by atoms with E-state index in [4.69, 9.17) is 10.8 Å². The van der Waals surface area contributed by atoms with E-state index in [0.717, 1.165) is 10.1 Å². The van der Waals surface area contributed by atoms with Gasteiger partial charge in [0.1, 0.15) is 0 Å². The lowest BCUT2D eigenvalue weighted by Gasteiger charge is -2.05. The van der Waals surface area contributed by atoms with Crippen LogP contribution in [0.2, 0.25) is 0 Å². The molecule has 15 heavy (non-hydrogen) atoms. The van der Waals surface area contributed by atoms with E-state index >= 15 is 0 Å². The number of aliphatic hydroxyl groups is 1. The summed E-state index contributed by atoms with van der Waals surface area (Å²) in [4.78, 5) is 11.8. The number of benzene rings is 1. The average Bonchev–Trinajstić information content (AvgIpc) is 2.70. The number of rotatable bonds is 3. The van der Waals surface area contributed by atoms with Crippen molar-refractivity contribution in [2.45, 2.75) is 6.04 Å². The standard InChI is InChI=1S/C11H11NO2S/c12-9(5-13)11(14)8-6-15-10-4-2-1-3-7(8)10/h1-4,6,9,13H,5,12H2. The van der Waals surface area contributed by atoms with Crippen molar-refractivity contribution in [3.63, 3.8) is 0 Å². The van der Waals surface area contributed by atoms with Crippen LogP contribution in [0.15, 0.2) is 29.6 Å². The van der Waals surface area contributed by atoms with Crippen LogP contribution in [-0.4, -0.2) is 23.5 Å². The average molecular weight is 221 g/mol. The zero-order chi connectivity index (χ0) is 10.8. The van der Waals surface area contributed by atoms with Gasteiger partial charge in [0.25, 0.3) is 0 Å². The van der Waals surface area contributed by atoms with E-state index in [1.54, 1.807) is 5.38 Å². The van der Waals surface area contributed by atoms with E-state index in [0.29, 0.717) is 5.56 Å². The van der Waals surface area contributed by atoms with E-state index < -0.39 is 6.04 Å². The van der Waals surface area contributed by atoms with E-state index in [1.807, 2.05) is 24.3 Å². The molecule has 0 spiro atoms. The largest absolute Gasteiger partial charge is 0.394 e. The molecular weight excluding hydrogens is 210 g/mol. The van der Waals surface area contributed by atoms with Crippen LogP contribution in [0.25, 0.3) is 10.1 Å². The van der Waals surface area contributed by atoms with Crippen molar-refractivity contribution in [1.82, 2.24) is 0 Å². The molecule has 1 atom stereocenters. The summed E-state index contributed by atoms with van der Waals surface area (Å²) in [7, 11) is 0. The van der Waals surface area contributed by atoms with Gasteiger partial charge in [-0.1, -0.05) is 18.2 Å². The summed E-state index contributed by atoms with van der Waals surface area (Å²) in [5, 5.41) is 11.5. The normalized spacial score (nSPS) is 12.9. The van der Waals surface area contributed by atoms with Gasteiger partial charge < -0.3 is 10.8 Å². The van der Waals surface area contributed by atoms with E-state index in [-0.39, 0.29) is 12.4 Å². The number of fused-ring (bicyclic) bond motifs is 1. The van der Waals surface area contributed by atoms with Gasteiger partial charge >= 0.3 is 0 Å². The summed E-state index contributed by atoms with van der Waals surface area (Å²) < 4.78 is 1.06. The van der Waals surface area contributed by atoms with Crippen molar-refractivity contribution in [3.05, 3.63) is 35.2 Å². The molecule has 2 rings (SSSR count). The van der Waals surface area contributed by atoms with Gasteiger partial charge in [0, 0.05) is 21.0 Å². The molecule has 1 heterocycles. The fraction of sp³-hybridized carbons (Fsp3) is 0.182. The second-order valence-electron chi connectivity index (χ2n) is 3.30. The molecule has 0 saturated carbocycles. The maximum atomic E-state index is 11.8. The molecule has 1 unspecified atom stereocenters. The number of Topliss-reactive ketones (excluding diaryl/α,β-unsaturated/α-hetero) is 1. The first kappa shape index (κ1) is 10.3. The second kappa shape index (κ2) is 4.10. The monoisotopic (exact) mass is 221 g/mol. The summed E-state index contributed by atoms with van der Waals surface area (Å²) in [5.41, 5.74) is 6.11. The number of carbonyl (C=O) groups is 1. The first-order valence-corrected chi connectivity index (χ1v) is 5.49. The molecule has 0 aliphatic carbocycles. The Hall–Kier alpha value is -1.23. The predicted molar refractivity (Wildman–Crippen MR) is 61.2 cm³/mol. The minimum atomic E-state index is -0.817. The van der Waals surface area contributed by atoms with Crippen molar-refractivity contribution < 1.29 is 9.90 Å². The lowest BCUT2D eigenvalue weighted by atomic mass is 10.0. The maximum Gasteiger partial charge on any atom is 0.183 e. The molecule has 0 radical (unpaired) electrons. The summed E-state index contributed by atoms with van der Waals surface area (Å²) in [6, 6.07) is 6.85. The minimum absolute atomic E-state index is 0.199. The Morgan fingerprint density at radius 1 is 1.47 bits per heavy atom. The third-order valence-corrected chi connectivity index (χ3v) is 3.24. The van der Waals surface area contributed by atoms with Crippen LogP contribution in [0.3, 0.4) is 0 Å². The fourth-order valence-electron chi connectivity index (χ4n) is 1.45. The highest BCUT2D eigenvalue weighted by atomic mass is 32.1. The van der Waals surface area contributed by atoms with Gasteiger partial charge in [-0.2, -0.15) is 0 Å². The Balaban J connectivity index is 2.48. The minimum Gasteiger partial charge on any atom is -0.394 e. The number of carbonyl (C=O) groups excluding carboxylic acids is 1. The number of thiophene rings is 1. The number of hydrogen-bond acceptors (Lipinski definition) is 4. The molecule has 3 nitrogen and oxygen atoms in total. The molecule has 2 aromatic rings. The molecular formula is C11H11NO2S. The molecule has 0 amide bonds. The van der Waals surface area contributed by atoms with Gasteiger partial charge in [0.05, 0.1) is 12.6 Å². The topological polar surface area (TPSA) is 63.3 Å². The highest BCUT2D eigenvalue weighted by molar-refractivity contribution is 7.17. The van der Waals surface area contributed by atoms with E-state index in [1.165, 1.54) is 11.3 Å². The van der Waals surface area contributed by atoms with E-state index in [9.17, 15) is 4.79 Å². The summed E-state index contributed by atoms with van der Waals surface area (Å²) in [6.07, 6.45) is 0. The van der Waals surface area contributed by atoms with Crippen LogP contribution in [0.5, 0.6) is 0 Å². The van der Waals surface area contributed by atoms with Gasteiger partial charge in [-0.25, -0.2) is 0 Å².